The Hall–Kier alpha value is -2.55. The van der Waals surface area contributed by atoms with Gasteiger partial charge < -0.3 is 10.2 Å². The summed E-state index contributed by atoms with van der Waals surface area (Å²) in [5.41, 5.74) is 4.52. The Morgan fingerprint density at radius 1 is 0.893 bits per heavy atom. The van der Waals surface area contributed by atoms with Crippen LogP contribution in [0.15, 0.2) is 48.5 Å². The van der Waals surface area contributed by atoms with Crippen LogP contribution < -0.4 is 0 Å². The van der Waals surface area contributed by atoms with Crippen LogP contribution >= 0.6 is 0 Å². The molecular weight excluding hydrogens is 348 g/mol. The van der Waals surface area contributed by atoms with Gasteiger partial charge in [0.2, 0.25) is 0 Å². The van der Waals surface area contributed by atoms with Gasteiger partial charge in [0.15, 0.2) is 0 Å². The zero-order valence-electron chi connectivity index (χ0n) is 16.0. The van der Waals surface area contributed by atoms with Crippen molar-refractivity contribution in [1.82, 2.24) is 0 Å². The monoisotopic (exact) mass is 374 g/mol. The fourth-order valence-corrected chi connectivity index (χ4v) is 6.50. The summed E-state index contributed by atoms with van der Waals surface area (Å²) in [6, 6.07) is 14.0. The molecule has 2 aromatic rings. The van der Waals surface area contributed by atoms with Crippen molar-refractivity contribution < 1.29 is 15.0 Å². The number of phenolic OH excluding ortho intramolecular Hbond substituents is 1. The van der Waals surface area contributed by atoms with Gasteiger partial charge in [-0.2, -0.15) is 0 Å². The van der Waals surface area contributed by atoms with Crippen LogP contribution in [-0.2, 0) is 10.2 Å². The zero-order chi connectivity index (χ0) is 19.3. The maximum absolute atomic E-state index is 10.7. The van der Waals surface area contributed by atoms with Crippen molar-refractivity contribution in [2.75, 3.05) is 0 Å². The van der Waals surface area contributed by atoms with Gasteiger partial charge in [-0.1, -0.05) is 30.3 Å². The molecule has 0 aliphatic heterocycles. The van der Waals surface area contributed by atoms with E-state index in [4.69, 9.17) is 5.11 Å². The number of aliphatic carboxylic acids is 1. The lowest BCUT2D eigenvalue weighted by Crippen LogP contribution is -2.48. The van der Waals surface area contributed by atoms with E-state index in [-0.39, 0.29) is 5.41 Å². The number of rotatable bonds is 4. The number of carboxylic acid groups (broad SMARTS) is 1. The van der Waals surface area contributed by atoms with Crippen LogP contribution in [0.25, 0.3) is 17.2 Å². The summed E-state index contributed by atoms with van der Waals surface area (Å²) in [5.74, 6) is 2.02. The molecule has 0 atom stereocenters. The van der Waals surface area contributed by atoms with E-state index in [1.165, 1.54) is 44.1 Å². The predicted molar refractivity (Wildman–Crippen MR) is 110 cm³/mol. The Balaban J connectivity index is 1.48. The Labute approximate surface area is 165 Å². The summed E-state index contributed by atoms with van der Waals surface area (Å²) in [5, 5.41) is 19.3. The predicted octanol–water partition coefficient (Wildman–Crippen LogP) is 5.62. The van der Waals surface area contributed by atoms with Crippen LogP contribution in [0.2, 0.25) is 0 Å². The molecule has 3 nitrogen and oxygen atoms in total. The molecule has 0 unspecified atom stereocenters. The Kier molecular flexibility index (Phi) is 4.08. The molecule has 0 spiro atoms. The fourth-order valence-electron chi connectivity index (χ4n) is 6.50. The van der Waals surface area contributed by atoms with E-state index in [0.717, 1.165) is 40.5 Å². The lowest BCUT2D eigenvalue weighted by Gasteiger charge is -2.57. The molecule has 0 amide bonds. The number of hydrogen-bond donors (Lipinski definition) is 2. The van der Waals surface area contributed by atoms with Crippen molar-refractivity contribution in [1.29, 1.82) is 0 Å². The quantitative estimate of drug-likeness (QED) is 0.683. The van der Waals surface area contributed by atoms with Gasteiger partial charge in [-0.05, 0) is 102 Å². The van der Waals surface area contributed by atoms with Gasteiger partial charge in [0.25, 0.3) is 0 Å². The van der Waals surface area contributed by atoms with Gasteiger partial charge in [0, 0.05) is 6.08 Å². The maximum Gasteiger partial charge on any atom is 0.328 e. The fraction of sp³-hybridized carbons (Fsp3) is 0.400. The Bertz CT molecular complexity index is 903. The minimum atomic E-state index is -0.947. The summed E-state index contributed by atoms with van der Waals surface area (Å²) < 4.78 is 0. The summed E-state index contributed by atoms with van der Waals surface area (Å²) in [7, 11) is 0. The van der Waals surface area contributed by atoms with E-state index < -0.39 is 5.97 Å². The third kappa shape index (κ3) is 3.13. The highest BCUT2D eigenvalue weighted by Gasteiger charge is 2.51. The Morgan fingerprint density at radius 3 is 2.07 bits per heavy atom. The summed E-state index contributed by atoms with van der Waals surface area (Å²) >= 11 is 0. The van der Waals surface area contributed by atoms with Gasteiger partial charge >= 0.3 is 5.97 Å². The van der Waals surface area contributed by atoms with Crippen LogP contribution in [0, 0.1) is 17.8 Å². The van der Waals surface area contributed by atoms with Gasteiger partial charge in [0.05, 0.1) is 0 Å². The van der Waals surface area contributed by atoms with E-state index in [2.05, 4.69) is 6.07 Å². The van der Waals surface area contributed by atoms with Crippen molar-refractivity contribution in [3.8, 4) is 16.9 Å². The third-order valence-electron chi connectivity index (χ3n) is 7.23. The minimum Gasteiger partial charge on any atom is -0.508 e. The number of phenols is 1. The van der Waals surface area contributed by atoms with Gasteiger partial charge in [-0.25, -0.2) is 4.79 Å². The van der Waals surface area contributed by atoms with Crippen molar-refractivity contribution in [3.63, 3.8) is 0 Å². The second-order valence-corrected chi connectivity index (χ2v) is 9.26. The first-order chi connectivity index (χ1) is 13.5. The van der Waals surface area contributed by atoms with Crippen LogP contribution in [0.5, 0.6) is 5.75 Å². The largest absolute Gasteiger partial charge is 0.508 e. The number of carboxylic acids is 1. The van der Waals surface area contributed by atoms with Gasteiger partial charge in [0.1, 0.15) is 5.75 Å². The molecule has 2 N–H and O–H groups in total. The molecule has 4 aliphatic rings. The van der Waals surface area contributed by atoms with E-state index in [0.29, 0.717) is 5.75 Å². The lowest BCUT2D eigenvalue weighted by molar-refractivity contribution is -0.131. The highest BCUT2D eigenvalue weighted by molar-refractivity contribution is 5.85. The van der Waals surface area contributed by atoms with E-state index in [1.54, 1.807) is 6.08 Å². The highest BCUT2D eigenvalue weighted by Crippen LogP contribution is 2.61. The molecule has 0 aromatic heterocycles. The lowest BCUT2D eigenvalue weighted by atomic mass is 9.48. The van der Waals surface area contributed by atoms with E-state index >= 15 is 0 Å². The smallest absolute Gasteiger partial charge is 0.328 e. The third-order valence-corrected chi connectivity index (χ3v) is 7.23. The summed E-state index contributed by atoms with van der Waals surface area (Å²) in [6.45, 7) is 0. The zero-order valence-corrected chi connectivity index (χ0v) is 16.0. The maximum atomic E-state index is 10.7. The van der Waals surface area contributed by atoms with E-state index in [9.17, 15) is 9.90 Å². The first-order valence-corrected chi connectivity index (χ1v) is 10.4. The SMILES string of the molecule is O=C(O)/C=C/c1ccc(-c2cc(O)cc(C34CC5CC(CC(C5)C3)C4)c2)cc1. The van der Waals surface area contributed by atoms with Crippen LogP contribution in [0.1, 0.15) is 49.7 Å². The van der Waals surface area contributed by atoms with E-state index in [1.807, 2.05) is 36.4 Å². The van der Waals surface area contributed by atoms with Gasteiger partial charge in [-0.15, -0.1) is 0 Å². The highest BCUT2D eigenvalue weighted by atomic mass is 16.4. The molecule has 4 bridgehead atoms. The molecule has 144 valence electrons. The normalized spacial score (nSPS) is 30.8. The molecular formula is C25H26O3. The van der Waals surface area contributed by atoms with Crippen LogP contribution in [0.3, 0.4) is 0 Å². The molecule has 2 aromatic carbocycles. The second kappa shape index (κ2) is 6.51. The number of benzene rings is 2. The molecule has 4 aliphatic carbocycles. The molecule has 0 heterocycles. The van der Waals surface area contributed by atoms with Crippen molar-refractivity contribution in [2.24, 2.45) is 17.8 Å². The van der Waals surface area contributed by atoms with Crippen molar-refractivity contribution in [2.45, 2.75) is 43.9 Å². The van der Waals surface area contributed by atoms with Crippen molar-refractivity contribution in [3.05, 3.63) is 59.7 Å². The van der Waals surface area contributed by atoms with Crippen molar-refractivity contribution >= 4 is 12.0 Å². The summed E-state index contributed by atoms with van der Waals surface area (Å²) in [4.78, 5) is 10.7. The standard InChI is InChI=1S/C25H26O3/c26-23-11-21(20-4-1-16(2-5-20)3-6-24(27)28)10-22(12-23)25-13-17-7-18(14-25)9-19(8-17)15-25/h1-6,10-12,17-19,26H,7-9,13-15H2,(H,27,28)/b6-3+. The average Bonchev–Trinajstić information content (AvgIpc) is 2.65. The molecule has 28 heavy (non-hydrogen) atoms. The number of carbonyl (C=O) groups is 1. The van der Waals surface area contributed by atoms with Crippen LogP contribution in [0.4, 0.5) is 0 Å². The molecule has 4 fully saturated rings. The molecule has 0 saturated heterocycles. The average molecular weight is 374 g/mol. The molecule has 4 saturated carbocycles. The number of hydrogen-bond acceptors (Lipinski definition) is 2. The summed E-state index contributed by atoms with van der Waals surface area (Å²) in [6.07, 6.45) is 10.8. The molecule has 3 heteroatoms. The minimum absolute atomic E-state index is 0.256. The topological polar surface area (TPSA) is 57.5 Å². The Morgan fingerprint density at radius 2 is 1.50 bits per heavy atom. The first-order valence-electron chi connectivity index (χ1n) is 10.4. The van der Waals surface area contributed by atoms with Crippen LogP contribution in [-0.4, -0.2) is 16.2 Å². The number of aromatic hydroxyl groups is 1. The van der Waals surface area contributed by atoms with Gasteiger partial charge in [-0.3, -0.25) is 0 Å². The second-order valence-electron chi connectivity index (χ2n) is 9.26. The first kappa shape index (κ1) is 17.5. The molecule has 0 radical (unpaired) electrons. The molecule has 6 rings (SSSR count).